The van der Waals surface area contributed by atoms with E-state index in [2.05, 4.69) is 15.3 Å². The molecule has 0 fully saturated rings. The summed E-state index contributed by atoms with van der Waals surface area (Å²) in [6, 6.07) is 0. The largest absolute Gasteiger partial charge is 0.466 e. The fraction of sp³-hybridized carbons (Fsp3) is 0.455. The Morgan fingerprint density at radius 3 is 2.47 bits per heavy atom. The van der Waals surface area contributed by atoms with Crippen LogP contribution in [0.5, 0.6) is 0 Å². The summed E-state index contributed by atoms with van der Waals surface area (Å²) in [5.74, 6) is -0.641. The molecule has 0 saturated heterocycles. The van der Waals surface area contributed by atoms with E-state index in [1.807, 2.05) is 0 Å². The maximum atomic E-state index is 11.6. The van der Waals surface area contributed by atoms with Crippen molar-refractivity contribution >= 4 is 40.8 Å². The fourth-order valence-corrected chi connectivity index (χ4v) is 1.69. The number of hydrogen-bond acceptors (Lipinski definition) is 5. The van der Waals surface area contributed by atoms with Crippen molar-refractivity contribution in [3.8, 4) is 0 Å². The van der Waals surface area contributed by atoms with Crippen molar-refractivity contribution in [1.29, 1.82) is 0 Å². The molecule has 0 bridgehead atoms. The van der Waals surface area contributed by atoms with Gasteiger partial charge in [0.05, 0.1) is 6.61 Å². The molecule has 0 aliphatic rings. The van der Waals surface area contributed by atoms with E-state index in [-0.39, 0.29) is 40.7 Å². The summed E-state index contributed by atoms with van der Waals surface area (Å²) < 4.78 is 4.75. The molecule has 0 radical (unpaired) electrons. The van der Waals surface area contributed by atoms with E-state index in [0.717, 1.165) is 0 Å². The van der Waals surface area contributed by atoms with Crippen molar-refractivity contribution in [1.82, 2.24) is 9.97 Å². The summed E-state index contributed by atoms with van der Waals surface area (Å²) in [4.78, 5) is 30.1. The highest BCUT2D eigenvalue weighted by Gasteiger charge is 2.12. The van der Waals surface area contributed by atoms with Gasteiger partial charge in [-0.25, -0.2) is 9.97 Å². The van der Waals surface area contributed by atoms with Crippen molar-refractivity contribution in [3.05, 3.63) is 16.6 Å². The lowest BCUT2D eigenvalue weighted by Crippen LogP contribution is -2.14. The van der Waals surface area contributed by atoms with Gasteiger partial charge in [-0.1, -0.05) is 23.2 Å². The van der Waals surface area contributed by atoms with E-state index in [1.54, 1.807) is 6.92 Å². The molecule has 1 N–H and O–H groups in total. The summed E-state index contributed by atoms with van der Waals surface area (Å²) in [6.07, 6.45) is 1.92. The molecule has 1 rings (SSSR count). The number of carbonyl (C=O) groups is 2. The lowest BCUT2D eigenvalue weighted by molar-refractivity contribution is -0.143. The Balaban J connectivity index is 2.41. The fourth-order valence-electron chi connectivity index (χ4n) is 1.28. The zero-order valence-electron chi connectivity index (χ0n) is 10.3. The van der Waals surface area contributed by atoms with Gasteiger partial charge in [0.1, 0.15) is 12.0 Å². The van der Waals surface area contributed by atoms with Crippen LogP contribution in [0, 0.1) is 0 Å². The van der Waals surface area contributed by atoms with Crippen molar-refractivity contribution in [2.75, 3.05) is 11.9 Å². The number of halogens is 2. The summed E-state index contributed by atoms with van der Waals surface area (Å²) in [6.45, 7) is 2.06. The number of esters is 1. The van der Waals surface area contributed by atoms with Crippen LogP contribution in [0.15, 0.2) is 6.33 Å². The first-order chi connectivity index (χ1) is 9.04. The van der Waals surface area contributed by atoms with Gasteiger partial charge in [-0.15, -0.1) is 0 Å². The van der Waals surface area contributed by atoms with Crippen LogP contribution in [0.1, 0.15) is 26.2 Å². The van der Waals surface area contributed by atoms with Gasteiger partial charge in [0, 0.05) is 12.8 Å². The Morgan fingerprint density at radius 2 is 1.89 bits per heavy atom. The third kappa shape index (κ3) is 5.40. The van der Waals surface area contributed by atoms with Crippen molar-refractivity contribution < 1.29 is 14.3 Å². The summed E-state index contributed by atoms with van der Waals surface area (Å²) in [5.41, 5.74) is 0.173. The first-order valence-corrected chi connectivity index (χ1v) is 6.41. The molecule has 1 heterocycles. The highest BCUT2D eigenvalue weighted by Crippen LogP contribution is 2.25. The van der Waals surface area contributed by atoms with Gasteiger partial charge in [0.25, 0.3) is 0 Å². The van der Waals surface area contributed by atoms with E-state index >= 15 is 0 Å². The first kappa shape index (κ1) is 15.7. The Labute approximate surface area is 120 Å². The lowest BCUT2D eigenvalue weighted by atomic mass is 10.2. The Bertz CT molecular complexity index is 448. The number of hydrogen-bond donors (Lipinski definition) is 1. The highest BCUT2D eigenvalue weighted by molar-refractivity contribution is 6.38. The van der Waals surface area contributed by atoms with Crippen LogP contribution < -0.4 is 5.32 Å². The van der Waals surface area contributed by atoms with Crippen LogP contribution >= 0.6 is 23.2 Å². The molecular weight excluding hydrogens is 293 g/mol. The Morgan fingerprint density at radius 1 is 1.26 bits per heavy atom. The predicted octanol–water partition coefficient (Wildman–Crippen LogP) is 2.46. The molecule has 0 unspecified atom stereocenters. The predicted molar refractivity (Wildman–Crippen MR) is 71.2 cm³/mol. The quantitative estimate of drug-likeness (QED) is 0.645. The number of rotatable bonds is 6. The molecule has 19 heavy (non-hydrogen) atoms. The van der Waals surface area contributed by atoms with Gasteiger partial charge in [-0.05, 0) is 13.3 Å². The van der Waals surface area contributed by atoms with Gasteiger partial charge < -0.3 is 10.1 Å². The zero-order valence-corrected chi connectivity index (χ0v) is 11.8. The maximum Gasteiger partial charge on any atom is 0.305 e. The molecule has 0 atom stereocenters. The van der Waals surface area contributed by atoms with E-state index < -0.39 is 0 Å². The van der Waals surface area contributed by atoms with Crippen LogP contribution in [0.4, 0.5) is 5.69 Å². The average molecular weight is 306 g/mol. The lowest BCUT2D eigenvalue weighted by Gasteiger charge is -2.07. The zero-order chi connectivity index (χ0) is 14.3. The van der Waals surface area contributed by atoms with Crippen LogP contribution in [0.2, 0.25) is 10.3 Å². The third-order valence-electron chi connectivity index (χ3n) is 2.11. The van der Waals surface area contributed by atoms with Gasteiger partial charge in [-0.2, -0.15) is 0 Å². The minimum Gasteiger partial charge on any atom is -0.466 e. The van der Waals surface area contributed by atoms with Crippen LogP contribution in [0.3, 0.4) is 0 Å². The van der Waals surface area contributed by atoms with E-state index in [0.29, 0.717) is 13.0 Å². The molecule has 0 spiro atoms. The molecule has 0 aliphatic carbocycles. The number of amides is 1. The standard InChI is InChI=1S/C11H13Cl2N3O3/c1-2-19-8(18)5-3-4-7(17)16-9-10(12)14-6-15-11(9)13/h6H,2-5H2,1H3,(H,16,17). The minimum absolute atomic E-state index is 0.0683. The second kappa shape index (κ2) is 7.91. The van der Waals surface area contributed by atoms with E-state index in [1.165, 1.54) is 6.33 Å². The Kier molecular flexibility index (Phi) is 6.52. The van der Waals surface area contributed by atoms with Crippen molar-refractivity contribution in [2.24, 2.45) is 0 Å². The number of aromatic nitrogens is 2. The van der Waals surface area contributed by atoms with E-state index in [9.17, 15) is 9.59 Å². The molecule has 104 valence electrons. The number of anilines is 1. The van der Waals surface area contributed by atoms with Gasteiger partial charge in [0.15, 0.2) is 10.3 Å². The molecular formula is C11H13Cl2N3O3. The molecule has 6 nitrogen and oxygen atoms in total. The molecule has 1 aromatic rings. The second-order valence-electron chi connectivity index (χ2n) is 3.54. The SMILES string of the molecule is CCOC(=O)CCCC(=O)Nc1c(Cl)ncnc1Cl. The van der Waals surface area contributed by atoms with Crippen LogP contribution in [-0.4, -0.2) is 28.5 Å². The van der Waals surface area contributed by atoms with E-state index in [4.69, 9.17) is 27.9 Å². The van der Waals surface area contributed by atoms with Crippen molar-refractivity contribution in [3.63, 3.8) is 0 Å². The van der Waals surface area contributed by atoms with Gasteiger partial charge in [0.2, 0.25) is 5.91 Å². The van der Waals surface area contributed by atoms with Gasteiger partial charge >= 0.3 is 5.97 Å². The van der Waals surface area contributed by atoms with Gasteiger partial charge in [-0.3, -0.25) is 9.59 Å². The summed E-state index contributed by atoms with van der Waals surface area (Å²) in [7, 11) is 0. The molecule has 0 saturated carbocycles. The van der Waals surface area contributed by atoms with Crippen LogP contribution in [0.25, 0.3) is 0 Å². The Hall–Kier alpha value is -1.40. The third-order valence-corrected chi connectivity index (χ3v) is 2.68. The smallest absolute Gasteiger partial charge is 0.305 e. The topological polar surface area (TPSA) is 81.2 Å². The number of ether oxygens (including phenoxy) is 1. The maximum absolute atomic E-state index is 11.6. The molecule has 8 heteroatoms. The number of carbonyl (C=O) groups excluding carboxylic acids is 2. The summed E-state index contributed by atoms with van der Waals surface area (Å²) in [5, 5.41) is 2.64. The summed E-state index contributed by atoms with van der Waals surface area (Å²) >= 11 is 11.5. The molecule has 0 aromatic carbocycles. The highest BCUT2D eigenvalue weighted by atomic mass is 35.5. The number of nitrogens with zero attached hydrogens (tertiary/aromatic N) is 2. The first-order valence-electron chi connectivity index (χ1n) is 5.66. The average Bonchev–Trinajstić information content (AvgIpc) is 2.34. The van der Waals surface area contributed by atoms with Crippen LogP contribution in [-0.2, 0) is 14.3 Å². The molecule has 0 aliphatic heterocycles. The minimum atomic E-state index is -0.325. The second-order valence-corrected chi connectivity index (χ2v) is 4.25. The molecule has 1 amide bonds. The molecule has 1 aromatic heterocycles. The monoisotopic (exact) mass is 305 g/mol. The number of nitrogens with one attached hydrogen (secondary N) is 1. The normalized spacial score (nSPS) is 10.1. The van der Waals surface area contributed by atoms with Crippen molar-refractivity contribution in [2.45, 2.75) is 26.2 Å².